The molecule has 5 rings (SSSR count). The SMILES string of the molecule is O=C(CN(C1CC1)S(=O)(=O)C=Cc1ccccc1)N1CCc2sccc2C1c1ccccc1. The highest BCUT2D eigenvalue weighted by Crippen LogP contribution is 2.38. The van der Waals surface area contributed by atoms with Gasteiger partial charge in [-0.3, -0.25) is 4.79 Å². The Labute approximate surface area is 199 Å². The van der Waals surface area contributed by atoms with E-state index in [0.29, 0.717) is 6.54 Å². The van der Waals surface area contributed by atoms with Gasteiger partial charge >= 0.3 is 0 Å². The first-order valence-corrected chi connectivity index (χ1v) is 13.6. The van der Waals surface area contributed by atoms with E-state index in [0.717, 1.165) is 36.0 Å². The van der Waals surface area contributed by atoms with Crippen LogP contribution in [0.15, 0.2) is 77.5 Å². The van der Waals surface area contributed by atoms with Crippen LogP contribution in [-0.2, 0) is 21.2 Å². The summed E-state index contributed by atoms with van der Waals surface area (Å²) in [5.41, 5.74) is 3.01. The minimum absolute atomic E-state index is 0.101. The predicted molar refractivity (Wildman–Crippen MR) is 132 cm³/mol. The van der Waals surface area contributed by atoms with E-state index in [1.165, 1.54) is 14.6 Å². The van der Waals surface area contributed by atoms with Gasteiger partial charge in [-0.05, 0) is 53.5 Å². The first-order valence-electron chi connectivity index (χ1n) is 11.2. The Morgan fingerprint density at radius 1 is 1.03 bits per heavy atom. The minimum atomic E-state index is -3.72. The molecule has 2 heterocycles. The molecule has 1 aromatic heterocycles. The van der Waals surface area contributed by atoms with Crippen molar-refractivity contribution in [3.63, 3.8) is 0 Å². The molecule has 2 aliphatic rings. The van der Waals surface area contributed by atoms with Crippen LogP contribution in [0.4, 0.5) is 0 Å². The highest BCUT2D eigenvalue weighted by Gasteiger charge is 2.40. The molecule has 0 spiro atoms. The van der Waals surface area contributed by atoms with E-state index in [1.54, 1.807) is 17.4 Å². The van der Waals surface area contributed by atoms with Crippen LogP contribution in [0.3, 0.4) is 0 Å². The highest BCUT2D eigenvalue weighted by atomic mass is 32.2. The molecule has 1 aliphatic heterocycles. The van der Waals surface area contributed by atoms with Crippen LogP contribution < -0.4 is 0 Å². The van der Waals surface area contributed by atoms with E-state index in [4.69, 9.17) is 0 Å². The molecule has 1 aliphatic carbocycles. The van der Waals surface area contributed by atoms with Crippen LogP contribution in [0.1, 0.15) is 40.5 Å². The van der Waals surface area contributed by atoms with Crippen LogP contribution in [0.25, 0.3) is 6.08 Å². The summed E-state index contributed by atoms with van der Waals surface area (Å²) in [7, 11) is -3.72. The lowest BCUT2D eigenvalue weighted by atomic mass is 9.93. The van der Waals surface area contributed by atoms with Crippen molar-refractivity contribution < 1.29 is 13.2 Å². The summed E-state index contributed by atoms with van der Waals surface area (Å²) in [4.78, 5) is 16.7. The minimum Gasteiger partial charge on any atom is -0.330 e. The first kappa shape index (κ1) is 22.1. The van der Waals surface area contributed by atoms with Crippen molar-refractivity contribution in [3.05, 3.63) is 99.1 Å². The number of carbonyl (C=O) groups is 1. The second-order valence-electron chi connectivity index (χ2n) is 8.48. The number of sulfonamides is 1. The van der Waals surface area contributed by atoms with Gasteiger partial charge in [0, 0.05) is 22.9 Å². The monoisotopic (exact) mass is 478 g/mol. The van der Waals surface area contributed by atoms with Crippen LogP contribution in [-0.4, -0.2) is 42.7 Å². The van der Waals surface area contributed by atoms with Crippen molar-refractivity contribution in [1.29, 1.82) is 0 Å². The molecular formula is C26H26N2O3S2. The average Bonchev–Trinajstić information content (AvgIpc) is 3.57. The number of hydrogen-bond acceptors (Lipinski definition) is 4. The molecule has 5 nitrogen and oxygen atoms in total. The molecule has 1 amide bonds. The van der Waals surface area contributed by atoms with Gasteiger partial charge in [-0.1, -0.05) is 60.7 Å². The standard InChI is InChI=1S/C26H26N2O3S2/c29-25(19-28(22-11-12-22)33(30,31)18-15-20-7-3-1-4-8-20)27-16-13-24-23(14-17-32-24)26(27)21-9-5-2-6-10-21/h1-10,14-15,17-18,22,26H,11-13,16,19H2. The second-order valence-corrected chi connectivity index (χ2v) is 11.3. The maximum Gasteiger partial charge on any atom is 0.238 e. The summed E-state index contributed by atoms with van der Waals surface area (Å²) in [6.45, 7) is 0.458. The average molecular weight is 479 g/mol. The highest BCUT2D eigenvalue weighted by molar-refractivity contribution is 7.92. The zero-order valence-electron chi connectivity index (χ0n) is 18.2. The van der Waals surface area contributed by atoms with Gasteiger partial charge in [0.25, 0.3) is 0 Å². The Morgan fingerprint density at radius 3 is 2.42 bits per heavy atom. The molecule has 0 N–H and O–H groups in total. The Hall–Kier alpha value is -2.74. The number of rotatable bonds is 7. The van der Waals surface area contributed by atoms with Crippen molar-refractivity contribution in [2.24, 2.45) is 0 Å². The van der Waals surface area contributed by atoms with Crippen molar-refractivity contribution in [3.8, 4) is 0 Å². The molecule has 2 aromatic carbocycles. The molecule has 1 unspecified atom stereocenters. The number of hydrogen-bond donors (Lipinski definition) is 0. The molecule has 1 fully saturated rings. The number of benzene rings is 2. The molecule has 170 valence electrons. The maximum absolute atomic E-state index is 13.6. The van der Waals surface area contributed by atoms with Gasteiger partial charge in [0.1, 0.15) is 0 Å². The molecular weight excluding hydrogens is 452 g/mol. The Morgan fingerprint density at radius 2 is 1.73 bits per heavy atom. The van der Waals surface area contributed by atoms with Gasteiger partial charge in [0.15, 0.2) is 0 Å². The molecule has 0 radical (unpaired) electrons. The summed E-state index contributed by atoms with van der Waals surface area (Å²) in [5.74, 6) is -0.149. The van der Waals surface area contributed by atoms with Crippen LogP contribution >= 0.6 is 11.3 Å². The molecule has 33 heavy (non-hydrogen) atoms. The van der Waals surface area contributed by atoms with Crippen LogP contribution in [0.2, 0.25) is 0 Å². The molecule has 7 heteroatoms. The summed E-state index contributed by atoms with van der Waals surface area (Å²) in [6, 6.07) is 21.1. The van der Waals surface area contributed by atoms with Crippen molar-refractivity contribution >= 4 is 33.3 Å². The van der Waals surface area contributed by atoms with E-state index in [1.807, 2.05) is 65.6 Å². The smallest absolute Gasteiger partial charge is 0.238 e. The van der Waals surface area contributed by atoms with Crippen molar-refractivity contribution in [2.45, 2.75) is 31.3 Å². The van der Waals surface area contributed by atoms with Gasteiger partial charge in [-0.25, -0.2) is 8.42 Å². The third-order valence-corrected chi connectivity index (χ3v) is 8.76. The van der Waals surface area contributed by atoms with Crippen LogP contribution in [0.5, 0.6) is 0 Å². The molecule has 0 bridgehead atoms. The normalized spacial score (nSPS) is 18.6. The van der Waals surface area contributed by atoms with E-state index in [9.17, 15) is 13.2 Å². The van der Waals surface area contributed by atoms with Gasteiger partial charge in [-0.2, -0.15) is 4.31 Å². The van der Waals surface area contributed by atoms with Gasteiger partial charge in [0.05, 0.1) is 12.6 Å². The molecule has 1 atom stereocenters. The molecule has 0 saturated heterocycles. The first-order chi connectivity index (χ1) is 16.0. The molecule has 1 saturated carbocycles. The van der Waals surface area contributed by atoms with Crippen molar-refractivity contribution in [2.75, 3.05) is 13.1 Å². The lowest BCUT2D eigenvalue weighted by molar-refractivity contribution is -0.133. The lowest BCUT2D eigenvalue weighted by Crippen LogP contribution is -2.47. The zero-order chi connectivity index (χ0) is 22.8. The summed E-state index contributed by atoms with van der Waals surface area (Å²) < 4.78 is 27.8. The number of amides is 1. The van der Waals surface area contributed by atoms with Crippen molar-refractivity contribution in [1.82, 2.24) is 9.21 Å². The quantitative estimate of drug-likeness (QED) is 0.495. The van der Waals surface area contributed by atoms with E-state index < -0.39 is 10.0 Å². The Bertz CT molecular complexity index is 1250. The maximum atomic E-state index is 13.6. The third-order valence-electron chi connectivity index (χ3n) is 6.21. The van der Waals surface area contributed by atoms with Gasteiger partial charge in [0.2, 0.25) is 15.9 Å². The summed E-state index contributed by atoms with van der Waals surface area (Å²) in [6.07, 6.45) is 3.98. The van der Waals surface area contributed by atoms with E-state index in [-0.39, 0.29) is 24.5 Å². The number of carbonyl (C=O) groups excluding carboxylic acids is 1. The van der Waals surface area contributed by atoms with E-state index in [2.05, 4.69) is 11.4 Å². The number of nitrogens with zero attached hydrogens (tertiary/aromatic N) is 2. The summed E-state index contributed by atoms with van der Waals surface area (Å²) in [5, 5.41) is 3.31. The fourth-order valence-electron chi connectivity index (χ4n) is 4.40. The number of thiophene rings is 1. The number of fused-ring (bicyclic) bond motifs is 1. The third kappa shape index (κ3) is 4.81. The van der Waals surface area contributed by atoms with Gasteiger partial charge in [-0.15, -0.1) is 11.3 Å². The Balaban J connectivity index is 1.40. The largest absolute Gasteiger partial charge is 0.330 e. The summed E-state index contributed by atoms with van der Waals surface area (Å²) >= 11 is 1.72. The fraction of sp³-hybridized carbons (Fsp3) is 0.269. The van der Waals surface area contributed by atoms with E-state index >= 15 is 0 Å². The Kier molecular flexibility index (Phi) is 6.19. The van der Waals surface area contributed by atoms with Crippen LogP contribution in [0, 0.1) is 0 Å². The fourth-order valence-corrected chi connectivity index (χ4v) is 6.71. The topological polar surface area (TPSA) is 57.7 Å². The zero-order valence-corrected chi connectivity index (χ0v) is 19.8. The molecule has 3 aromatic rings. The lowest BCUT2D eigenvalue weighted by Gasteiger charge is -2.37. The predicted octanol–water partition coefficient (Wildman–Crippen LogP) is 4.69. The second kappa shape index (κ2) is 9.25. The van der Waals surface area contributed by atoms with Gasteiger partial charge < -0.3 is 4.90 Å².